The Morgan fingerprint density at radius 2 is 1.87 bits per heavy atom. The van der Waals surface area contributed by atoms with Gasteiger partial charge in [0.25, 0.3) is 0 Å². The Bertz CT molecular complexity index is 588. The molecule has 1 aromatic carbocycles. The normalized spacial score (nSPS) is 12.3. The van der Waals surface area contributed by atoms with E-state index in [-0.39, 0.29) is 11.9 Å². The molecule has 0 aliphatic heterocycles. The first-order chi connectivity index (χ1) is 11.1. The summed E-state index contributed by atoms with van der Waals surface area (Å²) in [5, 5.41) is 3.00. The van der Waals surface area contributed by atoms with Gasteiger partial charge in [0.1, 0.15) is 5.76 Å². The van der Waals surface area contributed by atoms with E-state index in [1.807, 2.05) is 31.1 Å². The highest BCUT2D eigenvalue weighted by Crippen LogP contribution is 2.17. The molecule has 0 fully saturated rings. The number of aryl methyl sites for hydroxylation is 2. The fourth-order valence-electron chi connectivity index (χ4n) is 2.52. The van der Waals surface area contributed by atoms with Crippen molar-refractivity contribution in [3.05, 3.63) is 59.5 Å². The third-order valence-electron chi connectivity index (χ3n) is 4.06. The first-order valence-corrected chi connectivity index (χ1v) is 8.14. The van der Waals surface area contributed by atoms with Gasteiger partial charge >= 0.3 is 0 Å². The van der Waals surface area contributed by atoms with Crippen LogP contribution >= 0.6 is 0 Å². The van der Waals surface area contributed by atoms with Gasteiger partial charge in [-0.2, -0.15) is 0 Å². The van der Waals surface area contributed by atoms with Crippen molar-refractivity contribution in [3.8, 4) is 0 Å². The molecular formula is C19H26N2O2. The summed E-state index contributed by atoms with van der Waals surface area (Å²) in [6.07, 6.45) is 3.97. The van der Waals surface area contributed by atoms with Gasteiger partial charge in [0.2, 0.25) is 5.91 Å². The molecule has 1 aromatic heterocycles. The van der Waals surface area contributed by atoms with Crippen molar-refractivity contribution in [2.75, 3.05) is 20.6 Å². The van der Waals surface area contributed by atoms with Crippen LogP contribution in [0.1, 0.15) is 36.3 Å². The molecule has 0 saturated carbocycles. The lowest BCUT2D eigenvalue weighted by atomic mass is 10.1. The summed E-state index contributed by atoms with van der Waals surface area (Å²) in [5.41, 5.74) is 2.53. The van der Waals surface area contributed by atoms with Crippen molar-refractivity contribution in [1.82, 2.24) is 10.2 Å². The average molecular weight is 314 g/mol. The van der Waals surface area contributed by atoms with E-state index in [1.165, 1.54) is 11.1 Å². The quantitative estimate of drug-likeness (QED) is 0.814. The Morgan fingerprint density at radius 1 is 1.17 bits per heavy atom. The minimum absolute atomic E-state index is 0.0535. The van der Waals surface area contributed by atoms with Gasteiger partial charge < -0.3 is 9.73 Å². The zero-order valence-corrected chi connectivity index (χ0v) is 14.2. The molecule has 23 heavy (non-hydrogen) atoms. The molecule has 0 saturated heterocycles. The largest absolute Gasteiger partial charge is 0.468 e. The molecule has 0 radical (unpaired) electrons. The highest BCUT2D eigenvalue weighted by Gasteiger charge is 2.17. The van der Waals surface area contributed by atoms with Crippen LogP contribution in [-0.4, -0.2) is 31.4 Å². The molecule has 2 rings (SSSR count). The number of benzene rings is 1. The second kappa shape index (κ2) is 8.53. The summed E-state index contributed by atoms with van der Waals surface area (Å²) in [4.78, 5) is 14.1. The van der Waals surface area contributed by atoms with Gasteiger partial charge in [0.05, 0.1) is 12.3 Å². The molecule has 2 aromatic rings. The summed E-state index contributed by atoms with van der Waals surface area (Å²) in [5.74, 6) is 0.938. The summed E-state index contributed by atoms with van der Waals surface area (Å²) < 4.78 is 5.45. The maximum absolute atomic E-state index is 12.1. The van der Waals surface area contributed by atoms with E-state index in [2.05, 4.69) is 36.5 Å². The van der Waals surface area contributed by atoms with E-state index in [4.69, 9.17) is 4.42 Å². The molecule has 0 bridgehead atoms. The third-order valence-corrected chi connectivity index (χ3v) is 4.06. The van der Waals surface area contributed by atoms with Crippen molar-refractivity contribution in [2.45, 2.75) is 32.2 Å². The number of hydrogen-bond donors (Lipinski definition) is 1. The van der Waals surface area contributed by atoms with Crippen LogP contribution in [0.4, 0.5) is 0 Å². The fraction of sp³-hybridized carbons (Fsp3) is 0.421. The number of furan rings is 1. The number of amides is 1. The Kier molecular flexibility index (Phi) is 6.41. The molecule has 1 N–H and O–H groups in total. The number of nitrogens with one attached hydrogen (secondary N) is 1. The molecule has 4 heteroatoms. The zero-order chi connectivity index (χ0) is 16.7. The topological polar surface area (TPSA) is 45.5 Å². The molecule has 1 heterocycles. The SMILES string of the molecule is CCc1ccc(CCC(=O)NCC(c2ccco2)N(C)C)cc1. The van der Waals surface area contributed by atoms with Crippen LogP contribution in [0.15, 0.2) is 47.1 Å². The number of rotatable bonds is 8. The molecule has 124 valence electrons. The van der Waals surface area contributed by atoms with Crippen LogP contribution in [0, 0.1) is 0 Å². The summed E-state index contributed by atoms with van der Waals surface area (Å²) in [7, 11) is 3.96. The van der Waals surface area contributed by atoms with E-state index in [0.29, 0.717) is 13.0 Å². The van der Waals surface area contributed by atoms with Crippen molar-refractivity contribution in [1.29, 1.82) is 0 Å². The minimum Gasteiger partial charge on any atom is -0.468 e. The molecule has 0 aliphatic rings. The third kappa shape index (κ3) is 5.25. The van der Waals surface area contributed by atoms with Crippen molar-refractivity contribution < 1.29 is 9.21 Å². The Morgan fingerprint density at radius 3 is 2.43 bits per heavy atom. The number of carbonyl (C=O) groups excluding carboxylic acids is 1. The van der Waals surface area contributed by atoms with Crippen LogP contribution in [0.25, 0.3) is 0 Å². The lowest BCUT2D eigenvalue weighted by Crippen LogP contribution is -2.34. The van der Waals surface area contributed by atoms with Crippen LogP contribution in [0.5, 0.6) is 0 Å². The number of hydrogen-bond acceptors (Lipinski definition) is 3. The van der Waals surface area contributed by atoms with Crippen LogP contribution in [0.2, 0.25) is 0 Å². The first kappa shape index (κ1) is 17.3. The highest BCUT2D eigenvalue weighted by atomic mass is 16.3. The second-order valence-corrected chi connectivity index (χ2v) is 5.97. The number of nitrogens with zero attached hydrogens (tertiary/aromatic N) is 1. The minimum atomic E-state index is 0.0535. The second-order valence-electron chi connectivity index (χ2n) is 5.97. The van der Waals surface area contributed by atoms with Gasteiger partial charge in [0, 0.05) is 13.0 Å². The predicted molar refractivity (Wildman–Crippen MR) is 92.3 cm³/mol. The molecule has 0 spiro atoms. The Hall–Kier alpha value is -2.07. The van der Waals surface area contributed by atoms with Crippen molar-refractivity contribution in [3.63, 3.8) is 0 Å². The van der Waals surface area contributed by atoms with Gasteiger partial charge in [-0.1, -0.05) is 31.2 Å². The van der Waals surface area contributed by atoms with E-state index in [1.54, 1.807) is 6.26 Å². The molecule has 1 unspecified atom stereocenters. The van der Waals surface area contributed by atoms with Gasteiger partial charge in [0.15, 0.2) is 0 Å². The van der Waals surface area contributed by atoms with E-state index in [9.17, 15) is 4.79 Å². The number of likely N-dealkylation sites (N-methyl/N-ethyl adjacent to an activating group) is 1. The fourth-order valence-corrected chi connectivity index (χ4v) is 2.52. The molecule has 1 atom stereocenters. The standard InChI is InChI=1S/C19H26N2O2/c1-4-15-7-9-16(10-8-15)11-12-19(22)20-14-17(21(2)3)18-6-5-13-23-18/h5-10,13,17H,4,11-12,14H2,1-3H3,(H,20,22). The first-order valence-electron chi connectivity index (χ1n) is 8.14. The van der Waals surface area contributed by atoms with E-state index < -0.39 is 0 Å². The van der Waals surface area contributed by atoms with Crippen LogP contribution in [0.3, 0.4) is 0 Å². The van der Waals surface area contributed by atoms with Gasteiger partial charge in [-0.05, 0) is 50.2 Å². The zero-order valence-electron chi connectivity index (χ0n) is 14.2. The lowest BCUT2D eigenvalue weighted by molar-refractivity contribution is -0.121. The Labute approximate surface area is 138 Å². The van der Waals surface area contributed by atoms with E-state index >= 15 is 0 Å². The summed E-state index contributed by atoms with van der Waals surface area (Å²) >= 11 is 0. The summed E-state index contributed by atoms with van der Waals surface area (Å²) in [6, 6.07) is 12.3. The van der Waals surface area contributed by atoms with Gasteiger partial charge in [-0.15, -0.1) is 0 Å². The monoisotopic (exact) mass is 314 g/mol. The average Bonchev–Trinajstić information content (AvgIpc) is 3.07. The smallest absolute Gasteiger partial charge is 0.220 e. The molecular weight excluding hydrogens is 288 g/mol. The van der Waals surface area contributed by atoms with E-state index in [0.717, 1.165) is 18.6 Å². The lowest BCUT2D eigenvalue weighted by Gasteiger charge is -2.22. The molecule has 1 amide bonds. The van der Waals surface area contributed by atoms with Crippen LogP contribution in [-0.2, 0) is 17.6 Å². The van der Waals surface area contributed by atoms with Crippen LogP contribution < -0.4 is 5.32 Å². The number of carbonyl (C=O) groups is 1. The maximum Gasteiger partial charge on any atom is 0.220 e. The van der Waals surface area contributed by atoms with Gasteiger partial charge in [-0.25, -0.2) is 0 Å². The maximum atomic E-state index is 12.1. The molecule has 4 nitrogen and oxygen atoms in total. The molecule has 0 aliphatic carbocycles. The summed E-state index contributed by atoms with van der Waals surface area (Å²) in [6.45, 7) is 2.69. The van der Waals surface area contributed by atoms with Gasteiger partial charge in [-0.3, -0.25) is 9.69 Å². The van der Waals surface area contributed by atoms with Crippen molar-refractivity contribution in [2.24, 2.45) is 0 Å². The van der Waals surface area contributed by atoms with Crippen molar-refractivity contribution >= 4 is 5.91 Å². The highest BCUT2D eigenvalue weighted by molar-refractivity contribution is 5.76. The Balaban J connectivity index is 1.79. The predicted octanol–water partition coefficient (Wildman–Crippen LogP) is 3.19.